The lowest BCUT2D eigenvalue weighted by atomic mass is 10.2. The molecule has 1 unspecified atom stereocenters. The maximum atomic E-state index is 12.6. The van der Waals surface area contributed by atoms with E-state index in [1.54, 1.807) is 6.07 Å². The fraction of sp³-hybridized carbons (Fsp3) is 0.462. The van der Waals surface area contributed by atoms with Gasteiger partial charge < -0.3 is 9.55 Å². The molecule has 1 aliphatic carbocycles. The summed E-state index contributed by atoms with van der Waals surface area (Å²) in [6, 6.07) is 5.07. The third kappa shape index (κ3) is 1.68. The molecule has 3 rings (SSSR count). The highest BCUT2D eigenvalue weighted by atomic mass is 32.1. The van der Waals surface area contributed by atoms with E-state index in [1.165, 1.54) is 12.1 Å². The van der Waals surface area contributed by atoms with E-state index in [2.05, 4.69) is 23.4 Å². The zero-order valence-electron chi connectivity index (χ0n) is 10.2. The molecule has 0 amide bonds. The average Bonchev–Trinajstić information content (AvgIpc) is 2.77. The van der Waals surface area contributed by atoms with E-state index in [-0.39, 0.29) is 11.0 Å². The second-order valence-corrected chi connectivity index (χ2v) is 5.97. The van der Waals surface area contributed by atoms with Crippen molar-refractivity contribution in [2.45, 2.75) is 32.7 Å². The molecule has 0 spiro atoms. The Morgan fingerprint density at radius 1 is 1.44 bits per heavy atom. The lowest BCUT2D eigenvalue weighted by Gasteiger charge is -2.07. The summed E-state index contributed by atoms with van der Waals surface area (Å²) >= 11 is 5.30. The number of imidazole rings is 1. The van der Waals surface area contributed by atoms with E-state index in [0.717, 1.165) is 11.9 Å². The summed E-state index contributed by atoms with van der Waals surface area (Å²) in [5.41, 5.74) is 1.88. The van der Waals surface area contributed by atoms with Crippen molar-refractivity contribution in [1.82, 2.24) is 9.55 Å². The monoisotopic (exact) mass is 268 g/mol. The number of benzene rings is 1. The largest absolute Gasteiger partial charge is 0.331 e. The molecule has 1 fully saturated rings. The topological polar surface area (TPSA) is 20.7 Å². The van der Waals surface area contributed by atoms with Crippen LogP contribution >= 0.6 is 12.2 Å². The quantitative estimate of drug-likeness (QED) is 0.789. The molecule has 1 aromatic heterocycles. The fourth-order valence-corrected chi connectivity index (χ4v) is 2.81. The Kier molecular flexibility index (Phi) is 2.39. The van der Waals surface area contributed by atoms with Crippen LogP contribution in [0.5, 0.6) is 0 Å². The summed E-state index contributed by atoms with van der Waals surface area (Å²) in [5, 5.41) is 0. The van der Waals surface area contributed by atoms with Gasteiger partial charge in [0.1, 0.15) is 0 Å². The van der Waals surface area contributed by atoms with Gasteiger partial charge >= 0.3 is 0 Å². The molecule has 1 N–H and O–H groups in total. The predicted molar refractivity (Wildman–Crippen MR) is 69.5 cm³/mol. The van der Waals surface area contributed by atoms with Crippen molar-refractivity contribution in [3.05, 3.63) is 28.5 Å². The van der Waals surface area contributed by atoms with Crippen LogP contribution in [0.3, 0.4) is 0 Å². The molecule has 0 radical (unpaired) electrons. The van der Waals surface area contributed by atoms with Crippen molar-refractivity contribution in [2.24, 2.45) is 5.41 Å². The van der Waals surface area contributed by atoms with Crippen molar-refractivity contribution in [3.63, 3.8) is 0 Å². The molecule has 0 bridgehead atoms. The van der Waals surface area contributed by atoms with Gasteiger partial charge in [-0.25, -0.2) is 8.78 Å². The molecular weight excluding hydrogens is 254 g/mol. The zero-order chi connectivity index (χ0) is 13.1. The van der Waals surface area contributed by atoms with Gasteiger partial charge in [-0.1, -0.05) is 19.9 Å². The molecule has 96 valence electrons. The average molecular weight is 268 g/mol. The number of aromatic nitrogens is 2. The van der Waals surface area contributed by atoms with Crippen LogP contribution in [-0.4, -0.2) is 9.55 Å². The number of aromatic amines is 1. The normalized spacial score (nSPS) is 21.7. The lowest BCUT2D eigenvalue weighted by molar-refractivity contribution is 0.151. The van der Waals surface area contributed by atoms with Gasteiger partial charge in [-0.2, -0.15) is 0 Å². The Bertz CT molecular complexity index is 669. The van der Waals surface area contributed by atoms with Gasteiger partial charge in [0, 0.05) is 11.6 Å². The van der Waals surface area contributed by atoms with Crippen LogP contribution in [0.2, 0.25) is 0 Å². The minimum absolute atomic E-state index is 0.0287. The van der Waals surface area contributed by atoms with Crippen LogP contribution < -0.4 is 0 Å². The maximum Gasteiger partial charge on any atom is 0.263 e. The molecule has 0 saturated heterocycles. The first-order valence-corrected chi connectivity index (χ1v) is 6.33. The Morgan fingerprint density at radius 2 is 2.11 bits per heavy atom. The maximum absolute atomic E-state index is 12.6. The molecule has 1 aromatic carbocycles. The molecule has 5 heteroatoms. The van der Waals surface area contributed by atoms with Crippen LogP contribution in [0.25, 0.3) is 11.0 Å². The molecule has 18 heavy (non-hydrogen) atoms. The highest BCUT2D eigenvalue weighted by Crippen LogP contribution is 2.56. The zero-order valence-corrected chi connectivity index (χ0v) is 11.0. The number of hydrogen-bond donors (Lipinski definition) is 1. The van der Waals surface area contributed by atoms with Gasteiger partial charge in [-0.05, 0) is 36.2 Å². The summed E-state index contributed by atoms with van der Waals surface area (Å²) in [7, 11) is 0. The summed E-state index contributed by atoms with van der Waals surface area (Å²) in [6.07, 6.45) is -1.37. The molecule has 2 nitrogen and oxygen atoms in total. The van der Waals surface area contributed by atoms with Crippen LogP contribution in [0.15, 0.2) is 18.2 Å². The van der Waals surface area contributed by atoms with Gasteiger partial charge in [0.25, 0.3) is 6.43 Å². The van der Waals surface area contributed by atoms with E-state index in [0.29, 0.717) is 16.3 Å². The molecule has 1 saturated carbocycles. The summed E-state index contributed by atoms with van der Waals surface area (Å²) in [5.74, 6) is 0. The number of fused-ring (bicyclic) bond motifs is 1. The van der Waals surface area contributed by atoms with Crippen LogP contribution in [0.1, 0.15) is 38.3 Å². The van der Waals surface area contributed by atoms with Gasteiger partial charge in [-0.3, -0.25) is 0 Å². The van der Waals surface area contributed by atoms with E-state index in [1.807, 2.05) is 0 Å². The standard InChI is InChI=1S/C13H14F2N2S/c1-13(2)6-10(13)17-9-4-3-7(11(14)15)5-8(9)16-12(17)18/h3-5,10-11H,6H2,1-2H3,(H,16,18). The summed E-state index contributed by atoms with van der Waals surface area (Å²) < 4.78 is 28.0. The lowest BCUT2D eigenvalue weighted by Crippen LogP contribution is -2.00. The van der Waals surface area contributed by atoms with Crippen molar-refractivity contribution < 1.29 is 8.78 Å². The van der Waals surface area contributed by atoms with Crippen molar-refractivity contribution in [2.75, 3.05) is 0 Å². The Morgan fingerprint density at radius 3 is 2.67 bits per heavy atom. The number of halogens is 2. The summed E-state index contributed by atoms with van der Waals surface area (Å²) in [4.78, 5) is 3.03. The van der Waals surface area contributed by atoms with Gasteiger partial charge in [0.2, 0.25) is 0 Å². The van der Waals surface area contributed by atoms with Crippen LogP contribution in [0.4, 0.5) is 8.78 Å². The van der Waals surface area contributed by atoms with Gasteiger partial charge in [-0.15, -0.1) is 0 Å². The van der Waals surface area contributed by atoms with Gasteiger partial charge in [0.05, 0.1) is 11.0 Å². The van der Waals surface area contributed by atoms with E-state index in [9.17, 15) is 8.78 Å². The highest BCUT2D eigenvalue weighted by molar-refractivity contribution is 7.71. The molecule has 2 aromatic rings. The molecular formula is C13H14F2N2S. The SMILES string of the molecule is CC1(C)CC1n1c(=S)[nH]c2cc(C(F)F)ccc21. The Labute approximate surface area is 109 Å². The first-order chi connectivity index (χ1) is 8.40. The van der Waals surface area contributed by atoms with Crippen LogP contribution in [-0.2, 0) is 0 Å². The molecule has 1 aliphatic rings. The minimum Gasteiger partial charge on any atom is -0.331 e. The number of nitrogens with one attached hydrogen (secondary N) is 1. The third-order valence-corrected chi connectivity index (χ3v) is 4.06. The summed E-state index contributed by atoms with van der Waals surface area (Å²) in [6.45, 7) is 4.37. The number of rotatable bonds is 2. The second-order valence-electron chi connectivity index (χ2n) is 5.59. The van der Waals surface area contributed by atoms with E-state index < -0.39 is 6.43 Å². The molecule has 1 atom stereocenters. The van der Waals surface area contributed by atoms with E-state index >= 15 is 0 Å². The third-order valence-electron chi connectivity index (χ3n) is 3.77. The highest BCUT2D eigenvalue weighted by Gasteiger charge is 2.47. The first kappa shape index (κ1) is 11.8. The first-order valence-electron chi connectivity index (χ1n) is 5.92. The predicted octanol–water partition coefficient (Wildman–Crippen LogP) is 4.61. The number of alkyl halides is 2. The smallest absolute Gasteiger partial charge is 0.263 e. The van der Waals surface area contributed by atoms with E-state index in [4.69, 9.17) is 12.2 Å². The second kappa shape index (κ2) is 3.63. The van der Waals surface area contributed by atoms with Crippen molar-refractivity contribution in [3.8, 4) is 0 Å². The molecule has 0 aliphatic heterocycles. The van der Waals surface area contributed by atoms with Crippen molar-refractivity contribution >= 4 is 23.3 Å². The van der Waals surface area contributed by atoms with Crippen LogP contribution in [0, 0.1) is 10.2 Å². The minimum atomic E-state index is -2.45. The van der Waals surface area contributed by atoms with Crippen molar-refractivity contribution in [1.29, 1.82) is 0 Å². The Hall–Kier alpha value is -1.23. The van der Waals surface area contributed by atoms with Gasteiger partial charge in [0.15, 0.2) is 4.77 Å². The fourth-order valence-electron chi connectivity index (χ4n) is 2.47. The number of nitrogens with zero attached hydrogens (tertiary/aromatic N) is 1. The Balaban J connectivity index is 2.17. The molecule has 1 heterocycles. The number of hydrogen-bond acceptors (Lipinski definition) is 1. The number of H-pyrrole nitrogens is 1.